The van der Waals surface area contributed by atoms with Gasteiger partial charge in [0.15, 0.2) is 0 Å². The van der Waals surface area contributed by atoms with Gasteiger partial charge in [0.05, 0.1) is 12.8 Å². The number of benzene rings is 1. The summed E-state index contributed by atoms with van der Waals surface area (Å²) < 4.78 is 7.26. The highest BCUT2D eigenvalue weighted by molar-refractivity contribution is 5.67. The van der Waals surface area contributed by atoms with Crippen LogP contribution in [0, 0.1) is 0 Å². The highest BCUT2D eigenvalue weighted by Gasteiger charge is 2.15. The van der Waals surface area contributed by atoms with Crippen LogP contribution >= 0.6 is 0 Å². The summed E-state index contributed by atoms with van der Waals surface area (Å²) in [4.78, 5) is 12.8. The van der Waals surface area contributed by atoms with Crippen molar-refractivity contribution in [2.45, 2.75) is 39.3 Å². The van der Waals surface area contributed by atoms with E-state index in [0.29, 0.717) is 12.1 Å². The SMILES string of the molecule is CCCCn1c(-c2ccccc2OC)ccc(C(C)N)c1=O. The van der Waals surface area contributed by atoms with E-state index < -0.39 is 0 Å². The molecule has 118 valence electrons. The van der Waals surface area contributed by atoms with Crippen molar-refractivity contribution in [2.75, 3.05) is 7.11 Å². The molecule has 0 saturated heterocycles. The molecule has 2 aromatic rings. The van der Waals surface area contributed by atoms with E-state index in [2.05, 4.69) is 6.92 Å². The predicted octanol–water partition coefficient (Wildman–Crippen LogP) is 3.34. The van der Waals surface area contributed by atoms with Crippen molar-refractivity contribution in [3.8, 4) is 17.0 Å². The Labute approximate surface area is 131 Å². The second-order valence-corrected chi connectivity index (χ2v) is 5.47. The Kier molecular flexibility index (Phi) is 5.39. The number of hydrogen-bond acceptors (Lipinski definition) is 3. The fourth-order valence-corrected chi connectivity index (χ4v) is 2.57. The van der Waals surface area contributed by atoms with Crippen molar-refractivity contribution >= 4 is 0 Å². The van der Waals surface area contributed by atoms with E-state index in [-0.39, 0.29) is 11.6 Å². The molecule has 0 amide bonds. The molecule has 1 atom stereocenters. The summed E-state index contributed by atoms with van der Waals surface area (Å²) in [6.45, 7) is 4.64. The molecular formula is C18H24N2O2. The van der Waals surface area contributed by atoms with Gasteiger partial charge in [0.2, 0.25) is 0 Å². The first kappa shape index (κ1) is 16.3. The molecular weight excluding hydrogens is 276 g/mol. The molecule has 0 fully saturated rings. The van der Waals surface area contributed by atoms with E-state index >= 15 is 0 Å². The normalized spacial score (nSPS) is 12.2. The minimum atomic E-state index is -0.271. The number of unbranched alkanes of at least 4 members (excludes halogenated alkanes) is 1. The molecule has 2 rings (SSSR count). The zero-order chi connectivity index (χ0) is 16.1. The first-order chi connectivity index (χ1) is 10.6. The molecule has 0 bridgehead atoms. The summed E-state index contributed by atoms with van der Waals surface area (Å²) in [6.07, 6.45) is 1.98. The molecule has 0 spiro atoms. The van der Waals surface area contributed by atoms with Crippen LogP contribution in [-0.2, 0) is 6.54 Å². The van der Waals surface area contributed by atoms with Gasteiger partial charge in [-0.15, -0.1) is 0 Å². The smallest absolute Gasteiger partial charge is 0.255 e. The molecule has 1 heterocycles. The lowest BCUT2D eigenvalue weighted by molar-refractivity contribution is 0.416. The summed E-state index contributed by atoms with van der Waals surface area (Å²) in [5.74, 6) is 0.765. The van der Waals surface area contributed by atoms with Gasteiger partial charge in [0, 0.05) is 23.7 Å². The number of ether oxygens (including phenoxy) is 1. The predicted molar refractivity (Wildman–Crippen MR) is 90.2 cm³/mol. The second-order valence-electron chi connectivity index (χ2n) is 5.47. The maximum absolute atomic E-state index is 12.8. The van der Waals surface area contributed by atoms with E-state index in [1.54, 1.807) is 7.11 Å². The Morgan fingerprint density at radius 3 is 2.59 bits per heavy atom. The Hall–Kier alpha value is -2.07. The molecule has 0 saturated carbocycles. The Balaban J connectivity index is 2.64. The lowest BCUT2D eigenvalue weighted by atomic mass is 10.1. The molecule has 4 nitrogen and oxygen atoms in total. The highest BCUT2D eigenvalue weighted by atomic mass is 16.5. The number of nitrogens with two attached hydrogens (primary N) is 1. The van der Waals surface area contributed by atoms with Crippen LogP contribution < -0.4 is 16.0 Å². The average Bonchev–Trinajstić information content (AvgIpc) is 2.53. The number of pyridine rings is 1. The zero-order valence-electron chi connectivity index (χ0n) is 13.5. The fourth-order valence-electron chi connectivity index (χ4n) is 2.57. The van der Waals surface area contributed by atoms with Gasteiger partial charge < -0.3 is 15.0 Å². The number of para-hydroxylation sites is 1. The van der Waals surface area contributed by atoms with Gasteiger partial charge in [0.1, 0.15) is 5.75 Å². The minimum Gasteiger partial charge on any atom is -0.496 e. The largest absolute Gasteiger partial charge is 0.496 e. The van der Waals surface area contributed by atoms with E-state index in [9.17, 15) is 4.79 Å². The van der Waals surface area contributed by atoms with Crippen LogP contribution in [0.4, 0.5) is 0 Å². The number of hydrogen-bond donors (Lipinski definition) is 1. The Bertz CT molecular complexity index is 690. The van der Waals surface area contributed by atoms with Gasteiger partial charge in [0.25, 0.3) is 5.56 Å². The third-order valence-corrected chi connectivity index (χ3v) is 3.81. The molecule has 1 aromatic carbocycles. The van der Waals surface area contributed by atoms with Gasteiger partial charge in [-0.3, -0.25) is 4.79 Å². The van der Waals surface area contributed by atoms with E-state index in [1.807, 2.05) is 47.9 Å². The van der Waals surface area contributed by atoms with Gasteiger partial charge in [-0.05, 0) is 37.6 Å². The van der Waals surface area contributed by atoms with Crippen LogP contribution in [0.3, 0.4) is 0 Å². The van der Waals surface area contributed by atoms with Gasteiger partial charge in [-0.25, -0.2) is 0 Å². The van der Waals surface area contributed by atoms with Crippen LogP contribution in [0.1, 0.15) is 38.3 Å². The zero-order valence-corrected chi connectivity index (χ0v) is 13.5. The quantitative estimate of drug-likeness (QED) is 0.890. The molecule has 22 heavy (non-hydrogen) atoms. The highest BCUT2D eigenvalue weighted by Crippen LogP contribution is 2.29. The topological polar surface area (TPSA) is 57.2 Å². The van der Waals surface area contributed by atoms with Gasteiger partial charge in [-0.2, -0.15) is 0 Å². The van der Waals surface area contributed by atoms with E-state index in [4.69, 9.17) is 10.5 Å². The maximum atomic E-state index is 12.8. The summed E-state index contributed by atoms with van der Waals surface area (Å²) in [5, 5.41) is 0. The van der Waals surface area contributed by atoms with Crippen LogP contribution in [0.2, 0.25) is 0 Å². The summed E-state index contributed by atoms with van der Waals surface area (Å²) in [7, 11) is 1.64. The molecule has 0 radical (unpaired) electrons. The molecule has 0 aliphatic carbocycles. The number of rotatable bonds is 6. The van der Waals surface area contributed by atoms with Crippen LogP contribution in [-0.4, -0.2) is 11.7 Å². The third-order valence-electron chi connectivity index (χ3n) is 3.81. The van der Waals surface area contributed by atoms with Crippen molar-refractivity contribution in [1.82, 2.24) is 4.57 Å². The van der Waals surface area contributed by atoms with Crippen LogP contribution in [0.5, 0.6) is 5.75 Å². The third kappa shape index (κ3) is 3.22. The summed E-state index contributed by atoms with van der Waals surface area (Å²) in [5.41, 5.74) is 8.36. The van der Waals surface area contributed by atoms with Gasteiger partial charge >= 0.3 is 0 Å². The molecule has 0 aliphatic rings. The first-order valence-electron chi connectivity index (χ1n) is 7.72. The maximum Gasteiger partial charge on any atom is 0.255 e. The van der Waals surface area contributed by atoms with Crippen LogP contribution in [0.25, 0.3) is 11.3 Å². The molecule has 1 aromatic heterocycles. The fraction of sp³-hybridized carbons (Fsp3) is 0.389. The van der Waals surface area contributed by atoms with Crippen molar-refractivity contribution in [3.05, 3.63) is 52.3 Å². The minimum absolute atomic E-state index is 0.00754. The lowest BCUT2D eigenvalue weighted by Gasteiger charge is -2.17. The first-order valence-corrected chi connectivity index (χ1v) is 7.72. The number of aromatic nitrogens is 1. The van der Waals surface area contributed by atoms with E-state index in [0.717, 1.165) is 29.8 Å². The number of methoxy groups -OCH3 is 1. The summed E-state index contributed by atoms with van der Waals surface area (Å²) >= 11 is 0. The monoisotopic (exact) mass is 300 g/mol. The molecule has 0 aliphatic heterocycles. The van der Waals surface area contributed by atoms with Crippen molar-refractivity contribution < 1.29 is 4.74 Å². The summed E-state index contributed by atoms with van der Waals surface area (Å²) in [6, 6.07) is 11.3. The molecule has 4 heteroatoms. The van der Waals surface area contributed by atoms with Crippen molar-refractivity contribution in [1.29, 1.82) is 0 Å². The average molecular weight is 300 g/mol. The number of nitrogens with zero attached hydrogens (tertiary/aromatic N) is 1. The second kappa shape index (κ2) is 7.27. The molecule has 2 N–H and O–H groups in total. The molecule has 1 unspecified atom stereocenters. The Morgan fingerprint density at radius 1 is 1.23 bits per heavy atom. The van der Waals surface area contributed by atoms with E-state index in [1.165, 1.54) is 0 Å². The van der Waals surface area contributed by atoms with Crippen molar-refractivity contribution in [2.24, 2.45) is 5.73 Å². The van der Waals surface area contributed by atoms with Crippen LogP contribution in [0.15, 0.2) is 41.2 Å². The standard InChI is InChI=1S/C18H24N2O2/c1-4-5-12-20-16(11-10-14(13(2)19)18(20)21)15-8-6-7-9-17(15)22-3/h6-11,13H,4-5,12,19H2,1-3H3. The van der Waals surface area contributed by atoms with Crippen molar-refractivity contribution in [3.63, 3.8) is 0 Å². The Morgan fingerprint density at radius 2 is 1.95 bits per heavy atom. The lowest BCUT2D eigenvalue weighted by Crippen LogP contribution is -2.28. The van der Waals surface area contributed by atoms with Gasteiger partial charge in [-0.1, -0.05) is 25.5 Å².